The lowest BCUT2D eigenvalue weighted by atomic mass is 9.83. The summed E-state index contributed by atoms with van der Waals surface area (Å²) in [5.74, 6) is 0. The van der Waals surface area contributed by atoms with Gasteiger partial charge in [0.25, 0.3) is 0 Å². The number of aromatic nitrogens is 3. The van der Waals surface area contributed by atoms with Crippen LogP contribution in [0.5, 0.6) is 0 Å². The molecule has 0 fully saturated rings. The van der Waals surface area contributed by atoms with Crippen LogP contribution >= 0.6 is 0 Å². The van der Waals surface area contributed by atoms with Gasteiger partial charge in [0.2, 0.25) is 0 Å². The number of aromatic amines is 1. The molecule has 120 valence electrons. The molecule has 0 aliphatic rings. The van der Waals surface area contributed by atoms with Gasteiger partial charge in [-0.2, -0.15) is 5.10 Å². The number of hydrogen-bond acceptors (Lipinski definition) is 2. The lowest BCUT2D eigenvalue weighted by molar-refractivity contribution is 0.591. The standard InChI is InChI=1S/C21H21N3/c1-13-8-16(18-12-23-24-19(18)9-13)17-11-15(21(2,3)4)10-14-6-5-7-22-20(14)17/h5-12H,1-4H3,(H,23,24). The van der Waals surface area contributed by atoms with Gasteiger partial charge in [0, 0.05) is 22.5 Å². The molecular formula is C21H21N3. The number of rotatable bonds is 1. The van der Waals surface area contributed by atoms with Gasteiger partial charge in [-0.15, -0.1) is 0 Å². The van der Waals surface area contributed by atoms with E-state index in [9.17, 15) is 0 Å². The molecule has 0 spiro atoms. The predicted molar refractivity (Wildman–Crippen MR) is 100 cm³/mol. The fraction of sp³-hybridized carbons (Fsp3) is 0.238. The summed E-state index contributed by atoms with van der Waals surface area (Å²) in [5.41, 5.74) is 7.08. The molecule has 2 aromatic heterocycles. The van der Waals surface area contributed by atoms with Crippen molar-refractivity contribution in [2.24, 2.45) is 0 Å². The van der Waals surface area contributed by atoms with Crippen molar-refractivity contribution >= 4 is 21.8 Å². The molecule has 0 aliphatic heterocycles. The first kappa shape index (κ1) is 14.9. The van der Waals surface area contributed by atoms with Gasteiger partial charge in [-0.3, -0.25) is 10.1 Å². The van der Waals surface area contributed by atoms with E-state index in [1.54, 1.807) is 0 Å². The van der Waals surface area contributed by atoms with Crippen LogP contribution in [0.25, 0.3) is 32.9 Å². The monoisotopic (exact) mass is 315 g/mol. The van der Waals surface area contributed by atoms with Gasteiger partial charge in [0.05, 0.1) is 17.2 Å². The molecule has 0 radical (unpaired) electrons. The van der Waals surface area contributed by atoms with E-state index in [4.69, 9.17) is 0 Å². The molecule has 0 unspecified atom stereocenters. The third-order valence-corrected chi connectivity index (χ3v) is 4.56. The molecule has 24 heavy (non-hydrogen) atoms. The molecule has 0 saturated heterocycles. The number of pyridine rings is 1. The molecule has 1 N–H and O–H groups in total. The Bertz CT molecular complexity index is 1050. The van der Waals surface area contributed by atoms with Crippen molar-refractivity contribution in [3.63, 3.8) is 0 Å². The zero-order valence-electron chi connectivity index (χ0n) is 14.5. The summed E-state index contributed by atoms with van der Waals surface area (Å²) in [5, 5.41) is 9.64. The van der Waals surface area contributed by atoms with Crippen LogP contribution in [-0.4, -0.2) is 15.2 Å². The third-order valence-electron chi connectivity index (χ3n) is 4.56. The molecule has 3 heteroatoms. The van der Waals surface area contributed by atoms with Gasteiger partial charge < -0.3 is 0 Å². The molecule has 2 heterocycles. The van der Waals surface area contributed by atoms with Crippen molar-refractivity contribution < 1.29 is 0 Å². The molecule has 4 rings (SSSR count). The van der Waals surface area contributed by atoms with Crippen LogP contribution in [0, 0.1) is 6.92 Å². The van der Waals surface area contributed by atoms with Crippen LogP contribution in [0.2, 0.25) is 0 Å². The Balaban J connectivity index is 2.13. The van der Waals surface area contributed by atoms with E-state index in [0.717, 1.165) is 16.4 Å². The van der Waals surface area contributed by atoms with Crippen LogP contribution in [-0.2, 0) is 5.41 Å². The van der Waals surface area contributed by atoms with Crippen molar-refractivity contribution in [1.82, 2.24) is 15.2 Å². The van der Waals surface area contributed by atoms with Crippen LogP contribution in [0.1, 0.15) is 31.9 Å². The second-order valence-electron chi connectivity index (χ2n) is 7.49. The summed E-state index contributed by atoms with van der Waals surface area (Å²) in [6.07, 6.45) is 3.77. The number of nitrogens with zero attached hydrogens (tertiary/aromatic N) is 2. The minimum atomic E-state index is 0.0815. The molecule has 4 aromatic rings. The van der Waals surface area contributed by atoms with Gasteiger partial charge in [-0.25, -0.2) is 0 Å². The minimum Gasteiger partial charge on any atom is -0.278 e. The Morgan fingerprint density at radius 3 is 2.62 bits per heavy atom. The smallest absolute Gasteiger partial charge is 0.0780 e. The quantitative estimate of drug-likeness (QED) is 0.512. The number of nitrogens with one attached hydrogen (secondary N) is 1. The van der Waals surface area contributed by atoms with Gasteiger partial charge in [0.1, 0.15) is 0 Å². The van der Waals surface area contributed by atoms with Crippen molar-refractivity contribution in [3.8, 4) is 11.1 Å². The molecule has 0 aliphatic carbocycles. The highest BCUT2D eigenvalue weighted by Crippen LogP contribution is 2.37. The largest absolute Gasteiger partial charge is 0.278 e. The summed E-state index contributed by atoms with van der Waals surface area (Å²) in [7, 11) is 0. The van der Waals surface area contributed by atoms with E-state index in [1.807, 2.05) is 18.5 Å². The first-order valence-electron chi connectivity index (χ1n) is 8.27. The molecule has 2 aromatic carbocycles. The van der Waals surface area contributed by atoms with E-state index in [2.05, 4.69) is 73.2 Å². The highest BCUT2D eigenvalue weighted by molar-refractivity contribution is 6.03. The Hall–Kier alpha value is -2.68. The average Bonchev–Trinajstić information content (AvgIpc) is 3.00. The van der Waals surface area contributed by atoms with Gasteiger partial charge in [-0.05, 0) is 53.3 Å². The fourth-order valence-corrected chi connectivity index (χ4v) is 3.25. The summed E-state index contributed by atoms with van der Waals surface area (Å²) in [6.45, 7) is 8.86. The second kappa shape index (κ2) is 5.17. The summed E-state index contributed by atoms with van der Waals surface area (Å²) < 4.78 is 0. The molecule has 0 atom stereocenters. The minimum absolute atomic E-state index is 0.0815. The highest BCUT2D eigenvalue weighted by atomic mass is 15.1. The molecule has 0 amide bonds. The Kier molecular flexibility index (Phi) is 3.20. The highest BCUT2D eigenvalue weighted by Gasteiger charge is 2.18. The first-order valence-corrected chi connectivity index (χ1v) is 8.27. The maximum atomic E-state index is 4.67. The topological polar surface area (TPSA) is 41.6 Å². The number of aryl methyl sites for hydroxylation is 1. The van der Waals surface area contributed by atoms with Crippen molar-refractivity contribution in [1.29, 1.82) is 0 Å². The number of benzene rings is 2. The number of fused-ring (bicyclic) bond motifs is 2. The lowest BCUT2D eigenvalue weighted by Gasteiger charge is -2.21. The van der Waals surface area contributed by atoms with E-state index in [1.165, 1.54) is 27.6 Å². The number of hydrogen-bond donors (Lipinski definition) is 1. The van der Waals surface area contributed by atoms with Crippen molar-refractivity contribution in [2.75, 3.05) is 0 Å². The van der Waals surface area contributed by atoms with Crippen LogP contribution in [0.15, 0.2) is 48.8 Å². The number of H-pyrrole nitrogens is 1. The van der Waals surface area contributed by atoms with E-state index >= 15 is 0 Å². The maximum absolute atomic E-state index is 4.67. The van der Waals surface area contributed by atoms with Crippen LogP contribution in [0.4, 0.5) is 0 Å². The molecule has 3 nitrogen and oxygen atoms in total. The molecule has 0 bridgehead atoms. The zero-order valence-corrected chi connectivity index (χ0v) is 14.5. The van der Waals surface area contributed by atoms with Crippen LogP contribution in [0.3, 0.4) is 0 Å². The SMILES string of the molecule is Cc1cc(-c2cc(C(C)(C)C)cc3cccnc23)c2cn[nH]c2c1. The first-order chi connectivity index (χ1) is 11.4. The fourth-order valence-electron chi connectivity index (χ4n) is 3.25. The average molecular weight is 315 g/mol. The van der Waals surface area contributed by atoms with Gasteiger partial charge in [-0.1, -0.05) is 32.9 Å². The van der Waals surface area contributed by atoms with E-state index < -0.39 is 0 Å². The molecule has 0 saturated carbocycles. The van der Waals surface area contributed by atoms with Gasteiger partial charge >= 0.3 is 0 Å². The Morgan fingerprint density at radius 2 is 1.83 bits per heavy atom. The van der Waals surface area contributed by atoms with E-state index in [0.29, 0.717) is 0 Å². The van der Waals surface area contributed by atoms with E-state index in [-0.39, 0.29) is 5.41 Å². The Morgan fingerprint density at radius 1 is 1.00 bits per heavy atom. The summed E-state index contributed by atoms with van der Waals surface area (Å²) >= 11 is 0. The van der Waals surface area contributed by atoms with Crippen molar-refractivity contribution in [2.45, 2.75) is 33.1 Å². The normalized spacial score (nSPS) is 12.2. The predicted octanol–water partition coefficient (Wildman–Crippen LogP) is 5.38. The van der Waals surface area contributed by atoms with Crippen molar-refractivity contribution in [3.05, 3.63) is 59.9 Å². The Labute approximate surface area is 141 Å². The maximum Gasteiger partial charge on any atom is 0.0780 e. The lowest BCUT2D eigenvalue weighted by Crippen LogP contribution is -2.11. The second-order valence-corrected chi connectivity index (χ2v) is 7.49. The summed E-state index contributed by atoms with van der Waals surface area (Å²) in [6, 6.07) is 13.1. The van der Waals surface area contributed by atoms with Crippen LogP contribution < -0.4 is 0 Å². The molecular weight excluding hydrogens is 294 g/mol. The zero-order chi connectivity index (χ0) is 16.9. The van der Waals surface area contributed by atoms with Gasteiger partial charge in [0.15, 0.2) is 0 Å². The summed E-state index contributed by atoms with van der Waals surface area (Å²) in [4.78, 5) is 4.67. The third kappa shape index (κ3) is 2.37.